The topological polar surface area (TPSA) is 83.5 Å². The third-order valence-corrected chi connectivity index (χ3v) is 4.55. The normalized spacial score (nSPS) is 11.4. The van der Waals surface area contributed by atoms with E-state index in [1.165, 1.54) is 0 Å². The van der Waals surface area contributed by atoms with Crippen molar-refractivity contribution in [2.24, 2.45) is 0 Å². The molecule has 0 aliphatic heterocycles. The molecule has 0 fully saturated rings. The van der Waals surface area contributed by atoms with E-state index in [-0.39, 0.29) is 11.5 Å². The minimum Gasteiger partial charge on any atom is -0.478 e. The lowest BCUT2D eigenvalue weighted by Gasteiger charge is -2.07. The van der Waals surface area contributed by atoms with E-state index < -0.39 is 15.8 Å². The SMILES string of the molecule is CCS(=O)(=O)CCNCCc1ccccc1C(=O)O. The van der Waals surface area contributed by atoms with Crippen molar-refractivity contribution >= 4 is 15.8 Å². The summed E-state index contributed by atoms with van der Waals surface area (Å²) in [7, 11) is -2.94. The molecule has 19 heavy (non-hydrogen) atoms. The van der Waals surface area contributed by atoms with Crippen LogP contribution in [0.2, 0.25) is 0 Å². The first-order valence-corrected chi connectivity index (χ1v) is 8.00. The molecule has 0 aliphatic rings. The molecule has 1 aromatic carbocycles. The predicted molar refractivity (Wildman–Crippen MR) is 74.3 cm³/mol. The zero-order valence-electron chi connectivity index (χ0n) is 10.9. The second-order valence-electron chi connectivity index (χ2n) is 4.20. The van der Waals surface area contributed by atoms with Crippen LogP contribution in [-0.4, -0.2) is 44.1 Å². The largest absolute Gasteiger partial charge is 0.478 e. The van der Waals surface area contributed by atoms with Gasteiger partial charge in [0.25, 0.3) is 0 Å². The van der Waals surface area contributed by atoms with Crippen LogP contribution in [-0.2, 0) is 16.3 Å². The van der Waals surface area contributed by atoms with Gasteiger partial charge in [-0.15, -0.1) is 0 Å². The van der Waals surface area contributed by atoms with Crippen LogP contribution in [0.3, 0.4) is 0 Å². The van der Waals surface area contributed by atoms with E-state index >= 15 is 0 Å². The quantitative estimate of drug-likeness (QED) is 0.695. The molecule has 1 rings (SSSR count). The first-order valence-electron chi connectivity index (χ1n) is 6.18. The van der Waals surface area contributed by atoms with Crippen LogP contribution in [0.1, 0.15) is 22.8 Å². The third-order valence-electron chi connectivity index (χ3n) is 2.85. The fraction of sp³-hybridized carbons (Fsp3) is 0.462. The molecule has 0 bridgehead atoms. The van der Waals surface area contributed by atoms with Gasteiger partial charge in [0.2, 0.25) is 0 Å². The van der Waals surface area contributed by atoms with Crippen LogP contribution in [0, 0.1) is 0 Å². The van der Waals surface area contributed by atoms with Gasteiger partial charge in [-0.3, -0.25) is 0 Å². The van der Waals surface area contributed by atoms with Gasteiger partial charge in [0.05, 0.1) is 11.3 Å². The smallest absolute Gasteiger partial charge is 0.335 e. The molecule has 0 saturated carbocycles. The Kier molecular flexibility index (Phi) is 5.98. The van der Waals surface area contributed by atoms with Crippen molar-refractivity contribution in [2.75, 3.05) is 24.6 Å². The monoisotopic (exact) mass is 285 g/mol. The van der Waals surface area contributed by atoms with Crippen molar-refractivity contribution in [2.45, 2.75) is 13.3 Å². The Balaban J connectivity index is 2.40. The summed E-state index contributed by atoms with van der Waals surface area (Å²) in [6.07, 6.45) is 0.564. The average molecular weight is 285 g/mol. The molecule has 0 aliphatic carbocycles. The molecule has 0 spiro atoms. The van der Waals surface area contributed by atoms with Gasteiger partial charge in [0.15, 0.2) is 9.84 Å². The van der Waals surface area contributed by atoms with Crippen molar-refractivity contribution in [1.29, 1.82) is 0 Å². The zero-order chi connectivity index (χ0) is 14.3. The first-order chi connectivity index (χ1) is 8.96. The number of nitrogens with one attached hydrogen (secondary N) is 1. The van der Waals surface area contributed by atoms with Gasteiger partial charge in [0, 0.05) is 12.3 Å². The summed E-state index contributed by atoms with van der Waals surface area (Å²) in [5, 5.41) is 12.0. The number of carbonyl (C=O) groups is 1. The molecule has 0 radical (unpaired) electrons. The Bertz CT molecular complexity index is 525. The number of benzene rings is 1. The second-order valence-corrected chi connectivity index (χ2v) is 6.67. The number of hydrogen-bond acceptors (Lipinski definition) is 4. The van der Waals surface area contributed by atoms with Crippen LogP contribution in [0.15, 0.2) is 24.3 Å². The number of carboxylic acids is 1. The molecule has 1 aromatic rings. The number of sulfone groups is 1. The summed E-state index contributed by atoms with van der Waals surface area (Å²) < 4.78 is 22.5. The summed E-state index contributed by atoms with van der Waals surface area (Å²) in [5.74, 6) is -0.676. The first kappa shape index (κ1) is 15.7. The number of hydrogen-bond donors (Lipinski definition) is 2. The van der Waals surface area contributed by atoms with Crippen LogP contribution in [0.5, 0.6) is 0 Å². The number of carboxylic acid groups (broad SMARTS) is 1. The lowest BCUT2D eigenvalue weighted by atomic mass is 10.0. The molecule has 5 nitrogen and oxygen atoms in total. The summed E-state index contributed by atoms with van der Waals surface area (Å²) in [6.45, 7) is 2.58. The van der Waals surface area contributed by atoms with Crippen LogP contribution >= 0.6 is 0 Å². The van der Waals surface area contributed by atoms with Crippen LogP contribution < -0.4 is 5.32 Å². The minimum atomic E-state index is -2.94. The molecular weight excluding hydrogens is 266 g/mol. The van der Waals surface area contributed by atoms with Gasteiger partial charge >= 0.3 is 5.97 Å². The second kappa shape index (κ2) is 7.25. The fourth-order valence-electron chi connectivity index (χ4n) is 1.67. The van der Waals surface area contributed by atoms with E-state index in [1.54, 1.807) is 31.2 Å². The fourth-order valence-corrected chi connectivity index (χ4v) is 2.41. The highest BCUT2D eigenvalue weighted by Gasteiger charge is 2.09. The minimum absolute atomic E-state index is 0.115. The van der Waals surface area contributed by atoms with Crippen molar-refractivity contribution in [3.05, 3.63) is 35.4 Å². The molecule has 2 N–H and O–H groups in total. The van der Waals surface area contributed by atoms with Crippen LogP contribution in [0.25, 0.3) is 0 Å². The Morgan fingerprint density at radius 1 is 1.26 bits per heavy atom. The van der Waals surface area contributed by atoms with E-state index in [2.05, 4.69) is 5.32 Å². The van der Waals surface area contributed by atoms with Crippen molar-refractivity contribution in [3.8, 4) is 0 Å². The third kappa shape index (κ3) is 5.40. The summed E-state index contributed by atoms with van der Waals surface area (Å²) in [5.41, 5.74) is 1.05. The van der Waals surface area contributed by atoms with Crippen molar-refractivity contribution in [1.82, 2.24) is 5.32 Å². The molecular formula is C13H19NO4S. The van der Waals surface area contributed by atoms with E-state index in [0.717, 1.165) is 5.56 Å². The summed E-state index contributed by atoms with van der Waals surface area (Å²) >= 11 is 0. The maximum absolute atomic E-state index is 11.3. The molecule has 106 valence electrons. The van der Waals surface area contributed by atoms with Crippen LogP contribution in [0.4, 0.5) is 0 Å². The lowest BCUT2D eigenvalue weighted by molar-refractivity contribution is 0.0695. The van der Waals surface area contributed by atoms with E-state index in [1.807, 2.05) is 0 Å². The maximum atomic E-state index is 11.3. The van der Waals surface area contributed by atoms with Gasteiger partial charge < -0.3 is 10.4 Å². The molecule has 0 aromatic heterocycles. The van der Waals surface area contributed by atoms with Gasteiger partial charge in [-0.2, -0.15) is 0 Å². The molecule has 0 saturated heterocycles. The van der Waals surface area contributed by atoms with Gasteiger partial charge in [-0.05, 0) is 24.6 Å². The van der Waals surface area contributed by atoms with E-state index in [0.29, 0.717) is 25.1 Å². The Morgan fingerprint density at radius 2 is 1.95 bits per heavy atom. The van der Waals surface area contributed by atoms with E-state index in [4.69, 9.17) is 5.11 Å². The number of aromatic carboxylic acids is 1. The maximum Gasteiger partial charge on any atom is 0.335 e. The Morgan fingerprint density at radius 3 is 2.58 bits per heavy atom. The standard InChI is InChI=1S/C13H19NO4S/c1-2-19(17,18)10-9-14-8-7-11-5-3-4-6-12(11)13(15)16/h3-6,14H,2,7-10H2,1H3,(H,15,16). The molecule has 0 unspecified atom stereocenters. The number of rotatable bonds is 8. The van der Waals surface area contributed by atoms with Gasteiger partial charge in [-0.25, -0.2) is 13.2 Å². The highest BCUT2D eigenvalue weighted by Crippen LogP contribution is 2.08. The van der Waals surface area contributed by atoms with Crippen molar-refractivity contribution < 1.29 is 18.3 Å². The highest BCUT2D eigenvalue weighted by molar-refractivity contribution is 7.91. The van der Waals surface area contributed by atoms with Crippen molar-refractivity contribution in [3.63, 3.8) is 0 Å². The predicted octanol–water partition coefficient (Wildman–Crippen LogP) is 0.952. The summed E-state index contributed by atoms with van der Waals surface area (Å²) in [4.78, 5) is 11.0. The average Bonchev–Trinajstić information content (AvgIpc) is 2.38. The molecule has 0 heterocycles. The summed E-state index contributed by atoms with van der Waals surface area (Å²) in [6, 6.07) is 6.82. The van der Waals surface area contributed by atoms with Gasteiger partial charge in [-0.1, -0.05) is 25.1 Å². The Hall–Kier alpha value is -1.40. The highest BCUT2D eigenvalue weighted by atomic mass is 32.2. The Labute approximate surface area is 113 Å². The van der Waals surface area contributed by atoms with Gasteiger partial charge in [0.1, 0.15) is 0 Å². The molecule has 0 atom stereocenters. The molecule has 6 heteroatoms. The lowest BCUT2D eigenvalue weighted by Crippen LogP contribution is -2.26. The van der Waals surface area contributed by atoms with E-state index in [9.17, 15) is 13.2 Å². The molecule has 0 amide bonds. The zero-order valence-corrected chi connectivity index (χ0v) is 11.7.